The number of alkyl halides is 3. The Morgan fingerprint density at radius 1 is 1.00 bits per heavy atom. The zero-order valence-electron chi connectivity index (χ0n) is 26.2. The molecule has 0 radical (unpaired) electrons. The van der Waals surface area contributed by atoms with Gasteiger partial charge in [0.2, 0.25) is 0 Å². The minimum Gasteiger partial charge on any atom is -0.489 e. The van der Waals surface area contributed by atoms with Crippen LogP contribution >= 0.6 is 11.6 Å². The normalized spacial score (nSPS) is 18.3. The van der Waals surface area contributed by atoms with Crippen LogP contribution < -0.4 is 10.3 Å². The van der Waals surface area contributed by atoms with Crippen molar-refractivity contribution in [3.05, 3.63) is 98.8 Å². The largest absolute Gasteiger partial charge is 0.489 e. The number of ketones is 1. The lowest BCUT2D eigenvalue weighted by molar-refractivity contribution is -0.150. The molecule has 248 valence electrons. The number of esters is 1. The van der Waals surface area contributed by atoms with Crippen LogP contribution in [0.4, 0.5) is 13.2 Å². The van der Waals surface area contributed by atoms with E-state index in [-0.39, 0.29) is 29.8 Å². The van der Waals surface area contributed by atoms with Crippen LogP contribution in [0.3, 0.4) is 0 Å². The van der Waals surface area contributed by atoms with Gasteiger partial charge in [-0.15, -0.1) is 5.10 Å². The van der Waals surface area contributed by atoms with Crippen molar-refractivity contribution in [2.24, 2.45) is 17.8 Å². The molecule has 1 aromatic heterocycles. The molecule has 1 aliphatic rings. The zero-order valence-corrected chi connectivity index (χ0v) is 28.0. The van der Waals surface area contributed by atoms with Gasteiger partial charge in [0.05, 0.1) is 30.0 Å². The van der Waals surface area contributed by atoms with Crippen molar-refractivity contribution in [2.45, 2.75) is 57.9 Å². The number of hydrogen-bond donors (Lipinski definition) is 0. The molecule has 1 saturated carbocycles. The molecule has 5 rings (SSSR count). The van der Waals surface area contributed by atoms with Crippen LogP contribution in [-0.4, -0.2) is 41.4 Å². The molecule has 0 bridgehead atoms. The van der Waals surface area contributed by atoms with E-state index in [1.165, 1.54) is 0 Å². The second-order valence-electron chi connectivity index (χ2n) is 13.1. The third-order valence-corrected chi connectivity index (χ3v) is 10.4. The highest BCUT2D eigenvalue weighted by Gasteiger charge is 2.46. The first kappa shape index (κ1) is 34.3. The van der Waals surface area contributed by atoms with Crippen molar-refractivity contribution >= 4 is 42.3 Å². The summed E-state index contributed by atoms with van der Waals surface area (Å²) >= 11 is 5.94. The van der Waals surface area contributed by atoms with E-state index in [1.807, 2.05) is 12.1 Å². The second kappa shape index (κ2) is 14.0. The van der Waals surface area contributed by atoms with E-state index in [2.05, 4.69) is 30.0 Å². The number of carbonyl (C=O) groups excluding carboxylic acids is 2. The molecule has 3 atom stereocenters. The maximum absolute atomic E-state index is 13.8. The van der Waals surface area contributed by atoms with Crippen molar-refractivity contribution in [2.75, 3.05) is 6.61 Å². The molecule has 1 fully saturated rings. The predicted octanol–water partition coefficient (Wildman–Crippen LogP) is 7.45. The summed E-state index contributed by atoms with van der Waals surface area (Å²) in [5, 5.41) is 8.30. The maximum Gasteiger partial charge on any atom is 0.416 e. The summed E-state index contributed by atoms with van der Waals surface area (Å²) in [6.07, 6.45) is -3.87. The molecule has 1 heterocycles. The average Bonchev–Trinajstić information content (AvgIpc) is 3.44. The van der Waals surface area contributed by atoms with Crippen LogP contribution in [0.2, 0.25) is 30.7 Å². The summed E-state index contributed by atoms with van der Waals surface area (Å²) in [6, 6.07) is 17.4. The molecular weight excluding hydrogens is 651 g/mol. The van der Waals surface area contributed by atoms with Crippen molar-refractivity contribution in [1.82, 2.24) is 15.0 Å². The Bertz CT molecular complexity index is 1810. The lowest BCUT2D eigenvalue weighted by Gasteiger charge is -2.24. The van der Waals surface area contributed by atoms with Crippen LogP contribution in [0, 0.1) is 17.8 Å². The highest BCUT2D eigenvalue weighted by Crippen LogP contribution is 2.41. The van der Waals surface area contributed by atoms with Gasteiger partial charge in [0, 0.05) is 24.6 Å². The molecule has 4 aromatic rings. The Morgan fingerprint density at radius 3 is 2.36 bits per heavy atom. The van der Waals surface area contributed by atoms with Gasteiger partial charge in [0.1, 0.15) is 17.9 Å². The predicted molar refractivity (Wildman–Crippen MR) is 174 cm³/mol. The first-order valence-electron chi connectivity index (χ1n) is 15.3. The smallest absolute Gasteiger partial charge is 0.416 e. The molecule has 1 aliphatic carbocycles. The number of hydrogen-bond acceptors (Lipinski definition) is 7. The fraction of sp³-hybridized carbons (Fsp3) is 0.382. The summed E-state index contributed by atoms with van der Waals surface area (Å²) in [5.41, 5.74) is -0.370. The number of benzene rings is 3. The number of nitrogens with zero attached hydrogens (tertiary/aromatic N) is 3. The van der Waals surface area contributed by atoms with Gasteiger partial charge in [-0.3, -0.25) is 14.4 Å². The molecule has 0 aliphatic heterocycles. The molecule has 47 heavy (non-hydrogen) atoms. The summed E-state index contributed by atoms with van der Waals surface area (Å²) in [5.74, 6) is -2.34. The van der Waals surface area contributed by atoms with Gasteiger partial charge in [-0.2, -0.15) is 13.2 Å². The Morgan fingerprint density at radius 2 is 1.70 bits per heavy atom. The standard InChI is InChI=1S/C34H35ClF3N3O5Si/c1-47(2,3)17-16-45-33(44)30-23(19-41-32(43)28-18-24(34(36,37)38)9-15-29(28)39-40-41)8-14-27(30)31(42)22-6-12-26(13-7-22)46-20-21-4-10-25(35)11-5-21/h4-7,9-13,15,18,23,27,30H,8,14,16-17,19-20H2,1-3H3/t23-,27-,30-/m0/s1. The lowest BCUT2D eigenvalue weighted by atomic mass is 9.84. The number of Topliss-reactive ketones (excluding diaryl/α,β-unsaturated/α-hetero) is 1. The van der Waals surface area contributed by atoms with Crippen molar-refractivity contribution in [3.63, 3.8) is 0 Å². The molecule has 0 amide bonds. The summed E-state index contributed by atoms with van der Waals surface area (Å²) in [4.78, 5) is 40.7. The SMILES string of the molecule is C[Si](C)(C)CCOC(=O)[C@H]1[C@H](Cn2nnc3ccc(C(F)(F)F)cc3c2=O)CC[C@@H]1C(=O)c1ccc(OCc2ccc(Cl)cc2)cc1. The van der Waals surface area contributed by atoms with Crippen molar-refractivity contribution < 1.29 is 32.2 Å². The Labute approximate surface area is 275 Å². The van der Waals surface area contributed by atoms with E-state index < -0.39 is 49.1 Å². The van der Waals surface area contributed by atoms with Crippen LogP contribution in [-0.2, 0) is 28.9 Å². The van der Waals surface area contributed by atoms with Gasteiger partial charge in [0.25, 0.3) is 5.56 Å². The second-order valence-corrected chi connectivity index (χ2v) is 19.1. The van der Waals surface area contributed by atoms with Crippen LogP contribution in [0.25, 0.3) is 10.9 Å². The van der Waals surface area contributed by atoms with E-state index >= 15 is 0 Å². The number of ether oxygens (including phenoxy) is 2. The van der Waals surface area contributed by atoms with Gasteiger partial charge in [-0.25, -0.2) is 4.68 Å². The monoisotopic (exact) mass is 685 g/mol. The highest BCUT2D eigenvalue weighted by atomic mass is 35.5. The third kappa shape index (κ3) is 8.47. The summed E-state index contributed by atoms with van der Waals surface area (Å²) < 4.78 is 52.6. The molecule has 0 spiro atoms. The minimum absolute atomic E-state index is 0.0293. The maximum atomic E-state index is 13.8. The van der Waals surface area contributed by atoms with E-state index in [4.69, 9.17) is 21.1 Å². The van der Waals surface area contributed by atoms with E-state index in [0.29, 0.717) is 35.8 Å². The summed E-state index contributed by atoms with van der Waals surface area (Å²) in [6.45, 7) is 6.90. The van der Waals surface area contributed by atoms with Crippen LogP contribution in [0.5, 0.6) is 5.75 Å². The molecule has 0 N–H and O–H groups in total. The third-order valence-electron chi connectivity index (χ3n) is 8.41. The summed E-state index contributed by atoms with van der Waals surface area (Å²) in [7, 11) is -1.53. The molecule has 13 heteroatoms. The van der Waals surface area contributed by atoms with E-state index in [9.17, 15) is 27.6 Å². The lowest BCUT2D eigenvalue weighted by Crippen LogP contribution is -2.36. The van der Waals surface area contributed by atoms with Gasteiger partial charge >= 0.3 is 12.1 Å². The fourth-order valence-corrected chi connectivity index (χ4v) is 6.60. The fourth-order valence-electron chi connectivity index (χ4n) is 5.76. The van der Waals surface area contributed by atoms with Gasteiger partial charge in [-0.05, 0) is 85.0 Å². The number of rotatable bonds is 11. The van der Waals surface area contributed by atoms with E-state index in [1.54, 1.807) is 36.4 Å². The molecule has 3 aromatic carbocycles. The molecule has 0 unspecified atom stereocenters. The highest BCUT2D eigenvalue weighted by molar-refractivity contribution is 6.76. The topological polar surface area (TPSA) is 100 Å². The quantitative estimate of drug-likeness (QED) is 0.0919. The van der Waals surface area contributed by atoms with Gasteiger partial charge < -0.3 is 9.47 Å². The number of fused-ring (bicyclic) bond motifs is 1. The van der Waals surface area contributed by atoms with Crippen molar-refractivity contribution in [3.8, 4) is 5.75 Å². The minimum atomic E-state index is -4.64. The van der Waals surface area contributed by atoms with Crippen molar-refractivity contribution in [1.29, 1.82) is 0 Å². The Balaban J connectivity index is 1.36. The van der Waals surface area contributed by atoms with Gasteiger partial charge in [-0.1, -0.05) is 48.6 Å². The first-order valence-corrected chi connectivity index (χ1v) is 19.4. The number of carbonyl (C=O) groups is 2. The van der Waals surface area contributed by atoms with E-state index in [0.717, 1.165) is 34.5 Å². The first-order chi connectivity index (χ1) is 22.2. The molecule has 0 saturated heterocycles. The zero-order chi connectivity index (χ0) is 33.9. The van der Waals surface area contributed by atoms with Crippen LogP contribution in [0.15, 0.2) is 71.5 Å². The molecular formula is C34H35ClF3N3O5Si. The number of halogens is 4. The number of aromatic nitrogens is 3. The average molecular weight is 686 g/mol. The molecule has 8 nitrogen and oxygen atoms in total. The Kier molecular flexibility index (Phi) is 10.2. The van der Waals surface area contributed by atoms with Gasteiger partial charge in [0.15, 0.2) is 5.78 Å². The van der Waals surface area contributed by atoms with Crippen LogP contribution in [0.1, 0.15) is 34.3 Å². The Hall–Kier alpha value is -4.03.